The van der Waals surface area contributed by atoms with Gasteiger partial charge in [-0.05, 0) is 6.42 Å². The predicted octanol–water partition coefficient (Wildman–Crippen LogP) is 0.938. The Bertz CT molecular complexity index is 400. The van der Waals surface area contributed by atoms with Crippen molar-refractivity contribution in [2.45, 2.75) is 31.5 Å². The maximum Gasteiger partial charge on any atom is 0.463 e. The van der Waals surface area contributed by atoms with Crippen LogP contribution in [0.1, 0.15) is 13.3 Å². The Morgan fingerprint density at radius 3 is 2.43 bits per heavy atom. The lowest BCUT2D eigenvalue weighted by Crippen LogP contribution is -2.62. The molecule has 0 aromatic heterocycles. The zero-order valence-corrected chi connectivity index (χ0v) is 11.2. The number of carbonyl (C=O) groups is 2. The van der Waals surface area contributed by atoms with E-state index in [-0.39, 0.29) is 18.1 Å². The molecule has 0 bridgehead atoms. The summed E-state index contributed by atoms with van der Waals surface area (Å²) >= 11 is 0. The van der Waals surface area contributed by atoms with E-state index in [0.29, 0.717) is 6.42 Å². The number of morpholine rings is 1. The van der Waals surface area contributed by atoms with Gasteiger partial charge in [0.2, 0.25) is 5.91 Å². The lowest BCUT2D eigenvalue weighted by atomic mass is 10.1. The lowest BCUT2D eigenvalue weighted by Gasteiger charge is -2.36. The first-order valence-electron chi connectivity index (χ1n) is 6.24. The standard InChI is InChI=1S/C11H15F5N2O3/c1-2-3-17-8(19)7-6-21-5-4-18(7)9(20)10(12,13)11(14,15)16/h7H,2-6H2,1H3,(H,17,19). The van der Waals surface area contributed by atoms with E-state index < -0.39 is 43.1 Å². The predicted molar refractivity (Wildman–Crippen MR) is 60.6 cm³/mol. The summed E-state index contributed by atoms with van der Waals surface area (Å²) in [6, 6.07) is -1.49. The molecular weight excluding hydrogens is 303 g/mol. The molecular formula is C11H15F5N2O3. The van der Waals surface area contributed by atoms with Gasteiger partial charge in [-0.2, -0.15) is 22.0 Å². The average Bonchev–Trinajstić information content (AvgIpc) is 2.42. The van der Waals surface area contributed by atoms with Crippen molar-refractivity contribution < 1.29 is 36.3 Å². The topological polar surface area (TPSA) is 58.6 Å². The number of alkyl halides is 5. The number of ether oxygens (including phenoxy) is 1. The molecule has 1 rings (SSSR count). The van der Waals surface area contributed by atoms with Crippen molar-refractivity contribution in [2.75, 3.05) is 26.3 Å². The fourth-order valence-electron chi connectivity index (χ4n) is 1.73. The van der Waals surface area contributed by atoms with E-state index in [2.05, 4.69) is 5.32 Å². The quantitative estimate of drug-likeness (QED) is 0.785. The second-order valence-corrected chi connectivity index (χ2v) is 4.45. The van der Waals surface area contributed by atoms with E-state index in [1.165, 1.54) is 0 Å². The summed E-state index contributed by atoms with van der Waals surface area (Å²) in [5, 5.41) is 2.34. The molecule has 2 amide bonds. The third kappa shape index (κ3) is 3.80. The van der Waals surface area contributed by atoms with Gasteiger partial charge >= 0.3 is 18.0 Å². The summed E-state index contributed by atoms with van der Waals surface area (Å²) in [5.41, 5.74) is 0. The maximum atomic E-state index is 13.1. The first-order chi connectivity index (χ1) is 9.63. The van der Waals surface area contributed by atoms with Gasteiger partial charge in [0.25, 0.3) is 0 Å². The molecule has 1 aliphatic rings. The van der Waals surface area contributed by atoms with Crippen molar-refractivity contribution in [3.05, 3.63) is 0 Å². The first-order valence-corrected chi connectivity index (χ1v) is 6.24. The highest BCUT2D eigenvalue weighted by molar-refractivity contribution is 5.91. The molecule has 0 aromatic carbocycles. The molecule has 1 aliphatic heterocycles. The second kappa shape index (κ2) is 6.54. The summed E-state index contributed by atoms with van der Waals surface area (Å²) < 4.78 is 67.8. The molecule has 0 aliphatic carbocycles. The summed E-state index contributed by atoms with van der Waals surface area (Å²) in [4.78, 5) is 23.4. The fraction of sp³-hybridized carbons (Fsp3) is 0.818. The SMILES string of the molecule is CCCNC(=O)C1COCCN1C(=O)C(F)(F)C(F)(F)F. The van der Waals surface area contributed by atoms with Crippen molar-refractivity contribution in [1.82, 2.24) is 10.2 Å². The minimum atomic E-state index is -6.01. The Morgan fingerprint density at radius 1 is 1.29 bits per heavy atom. The van der Waals surface area contributed by atoms with Crippen LogP contribution in [0.15, 0.2) is 0 Å². The molecule has 1 saturated heterocycles. The maximum absolute atomic E-state index is 13.1. The molecule has 1 unspecified atom stereocenters. The number of hydrogen-bond donors (Lipinski definition) is 1. The van der Waals surface area contributed by atoms with E-state index in [0.717, 1.165) is 0 Å². The van der Waals surface area contributed by atoms with Crippen LogP contribution >= 0.6 is 0 Å². The Kier molecular flexibility index (Phi) is 5.48. The number of nitrogens with zero attached hydrogens (tertiary/aromatic N) is 1. The van der Waals surface area contributed by atoms with Crippen molar-refractivity contribution in [1.29, 1.82) is 0 Å². The van der Waals surface area contributed by atoms with Gasteiger partial charge in [0.1, 0.15) is 6.04 Å². The minimum absolute atomic E-state index is 0.211. The fourth-order valence-corrected chi connectivity index (χ4v) is 1.73. The minimum Gasteiger partial charge on any atom is -0.377 e. The summed E-state index contributed by atoms with van der Waals surface area (Å²) in [6.07, 6.45) is -5.46. The van der Waals surface area contributed by atoms with E-state index in [1.54, 1.807) is 6.92 Å². The zero-order chi connectivity index (χ0) is 16.3. The Morgan fingerprint density at radius 2 is 1.90 bits per heavy atom. The van der Waals surface area contributed by atoms with E-state index >= 15 is 0 Å². The van der Waals surface area contributed by atoms with Crippen LogP contribution < -0.4 is 5.32 Å². The van der Waals surface area contributed by atoms with E-state index in [4.69, 9.17) is 4.74 Å². The number of carbonyl (C=O) groups excluding carboxylic acids is 2. The molecule has 1 heterocycles. The molecule has 0 saturated carbocycles. The van der Waals surface area contributed by atoms with Crippen LogP contribution in [-0.2, 0) is 14.3 Å². The number of rotatable bonds is 4. The normalized spacial score (nSPS) is 20.3. The number of hydrogen-bond acceptors (Lipinski definition) is 3. The van der Waals surface area contributed by atoms with Crippen LogP contribution in [0.5, 0.6) is 0 Å². The molecule has 21 heavy (non-hydrogen) atoms. The van der Waals surface area contributed by atoms with E-state index in [9.17, 15) is 31.5 Å². The van der Waals surface area contributed by atoms with Gasteiger partial charge in [-0.1, -0.05) is 6.92 Å². The van der Waals surface area contributed by atoms with Gasteiger partial charge in [0.15, 0.2) is 0 Å². The van der Waals surface area contributed by atoms with Crippen LogP contribution in [0.4, 0.5) is 22.0 Å². The highest BCUT2D eigenvalue weighted by Gasteiger charge is 2.65. The molecule has 1 N–H and O–H groups in total. The molecule has 5 nitrogen and oxygen atoms in total. The van der Waals surface area contributed by atoms with Gasteiger partial charge in [-0.3, -0.25) is 9.59 Å². The summed E-state index contributed by atoms with van der Waals surface area (Å²) in [5.74, 6) is -8.79. The van der Waals surface area contributed by atoms with Crippen LogP contribution in [0.3, 0.4) is 0 Å². The Balaban J connectivity index is 2.91. The number of nitrogens with one attached hydrogen (secondary N) is 1. The molecule has 10 heteroatoms. The number of amides is 2. The zero-order valence-electron chi connectivity index (χ0n) is 11.2. The van der Waals surface area contributed by atoms with Crippen LogP contribution in [0, 0.1) is 0 Å². The van der Waals surface area contributed by atoms with Crippen LogP contribution in [-0.4, -0.2) is 61.2 Å². The highest BCUT2D eigenvalue weighted by Crippen LogP contribution is 2.37. The summed E-state index contributed by atoms with van der Waals surface area (Å²) in [7, 11) is 0. The highest BCUT2D eigenvalue weighted by atomic mass is 19.4. The molecule has 1 fully saturated rings. The van der Waals surface area contributed by atoms with Gasteiger partial charge in [0, 0.05) is 13.1 Å². The largest absolute Gasteiger partial charge is 0.463 e. The van der Waals surface area contributed by atoms with Crippen LogP contribution in [0.2, 0.25) is 0 Å². The van der Waals surface area contributed by atoms with Gasteiger partial charge < -0.3 is 15.0 Å². The monoisotopic (exact) mass is 318 g/mol. The van der Waals surface area contributed by atoms with Crippen molar-refractivity contribution in [3.8, 4) is 0 Å². The molecule has 0 spiro atoms. The van der Waals surface area contributed by atoms with Crippen molar-refractivity contribution in [3.63, 3.8) is 0 Å². The van der Waals surface area contributed by atoms with Crippen molar-refractivity contribution in [2.24, 2.45) is 0 Å². The molecule has 122 valence electrons. The second-order valence-electron chi connectivity index (χ2n) is 4.45. The Labute approximate surface area is 117 Å². The molecule has 0 aromatic rings. The smallest absolute Gasteiger partial charge is 0.377 e. The third-order valence-corrected chi connectivity index (χ3v) is 2.87. The molecule has 0 radical (unpaired) electrons. The van der Waals surface area contributed by atoms with Crippen molar-refractivity contribution >= 4 is 11.8 Å². The summed E-state index contributed by atoms with van der Waals surface area (Å²) in [6.45, 7) is 0.812. The molecule has 1 atom stereocenters. The lowest BCUT2D eigenvalue weighted by molar-refractivity contribution is -0.276. The third-order valence-electron chi connectivity index (χ3n) is 2.87. The van der Waals surface area contributed by atoms with Gasteiger partial charge in [0.05, 0.1) is 13.2 Å². The number of halogens is 5. The van der Waals surface area contributed by atoms with Gasteiger partial charge in [-0.15, -0.1) is 0 Å². The van der Waals surface area contributed by atoms with E-state index in [1.807, 2.05) is 0 Å². The average molecular weight is 318 g/mol. The first kappa shape index (κ1) is 17.6. The Hall–Kier alpha value is -1.45. The van der Waals surface area contributed by atoms with Crippen LogP contribution in [0.25, 0.3) is 0 Å². The van der Waals surface area contributed by atoms with Gasteiger partial charge in [-0.25, -0.2) is 0 Å².